The molecule has 4 heterocycles. The van der Waals surface area contributed by atoms with Gasteiger partial charge in [-0.15, -0.1) is 0 Å². The Morgan fingerprint density at radius 2 is 1.49 bits per heavy atom. The van der Waals surface area contributed by atoms with Crippen LogP contribution >= 0.6 is 11.8 Å². The molecular formula is C33H29BN2S. The molecule has 2 unspecified atom stereocenters. The van der Waals surface area contributed by atoms with Gasteiger partial charge in [-0.05, 0) is 84.5 Å². The summed E-state index contributed by atoms with van der Waals surface area (Å²) >= 11 is 1.92. The van der Waals surface area contributed by atoms with Crippen molar-refractivity contribution in [2.75, 3.05) is 9.80 Å². The SMILES string of the molecule is Cc1cc2c3c4c1C1(C)CCCCC1(C)N4c1ccccc1B3c1cccc3c1N2c1ccccc1S3. The normalized spacial score (nSPS) is 25.2. The molecule has 0 amide bonds. The van der Waals surface area contributed by atoms with Crippen LogP contribution in [0, 0.1) is 6.92 Å². The number of nitrogens with zero attached hydrogens (tertiary/aromatic N) is 2. The number of anilines is 5. The van der Waals surface area contributed by atoms with Gasteiger partial charge in [0.15, 0.2) is 0 Å². The molecule has 4 aliphatic heterocycles. The average molecular weight is 496 g/mol. The van der Waals surface area contributed by atoms with Crippen molar-refractivity contribution in [2.45, 2.75) is 67.2 Å². The van der Waals surface area contributed by atoms with Crippen molar-refractivity contribution in [1.29, 1.82) is 0 Å². The quantitative estimate of drug-likeness (QED) is 0.213. The van der Waals surface area contributed by atoms with Crippen LogP contribution in [0.4, 0.5) is 28.4 Å². The van der Waals surface area contributed by atoms with Crippen molar-refractivity contribution in [2.24, 2.45) is 0 Å². The molecule has 180 valence electrons. The number of fused-ring (bicyclic) bond motifs is 10. The lowest BCUT2D eigenvalue weighted by molar-refractivity contribution is 0.194. The molecule has 5 aliphatic rings. The van der Waals surface area contributed by atoms with E-state index in [0.717, 1.165) is 0 Å². The summed E-state index contributed by atoms with van der Waals surface area (Å²) in [5, 5.41) is 0. The molecule has 2 atom stereocenters. The van der Waals surface area contributed by atoms with E-state index in [-0.39, 0.29) is 17.7 Å². The van der Waals surface area contributed by atoms with Crippen molar-refractivity contribution >= 4 is 63.3 Å². The summed E-state index contributed by atoms with van der Waals surface area (Å²) in [6, 6.07) is 27.8. The van der Waals surface area contributed by atoms with E-state index in [0.29, 0.717) is 0 Å². The predicted molar refractivity (Wildman–Crippen MR) is 157 cm³/mol. The Morgan fingerprint density at radius 1 is 0.757 bits per heavy atom. The number of para-hydroxylation sites is 3. The fourth-order valence-corrected chi connectivity index (χ4v) is 9.90. The first-order chi connectivity index (χ1) is 18.0. The minimum Gasteiger partial charge on any atom is -0.335 e. The second kappa shape index (κ2) is 6.66. The molecule has 0 radical (unpaired) electrons. The molecule has 4 aromatic carbocycles. The van der Waals surface area contributed by atoms with E-state index >= 15 is 0 Å². The lowest BCUT2D eigenvalue weighted by atomic mass is 9.33. The lowest BCUT2D eigenvalue weighted by Gasteiger charge is -2.52. The van der Waals surface area contributed by atoms with E-state index in [4.69, 9.17) is 0 Å². The molecule has 2 nitrogen and oxygen atoms in total. The Kier molecular flexibility index (Phi) is 3.76. The fraction of sp³-hybridized carbons (Fsp3) is 0.273. The number of rotatable bonds is 0. The second-order valence-electron chi connectivity index (χ2n) is 12.1. The lowest BCUT2D eigenvalue weighted by Crippen LogP contribution is -2.64. The van der Waals surface area contributed by atoms with Crippen LogP contribution in [0.1, 0.15) is 50.7 Å². The highest BCUT2D eigenvalue weighted by Crippen LogP contribution is 2.63. The van der Waals surface area contributed by atoms with Gasteiger partial charge in [0.2, 0.25) is 0 Å². The molecule has 1 aliphatic carbocycles. The number of hydrogen-bond acceptors (Lipinski definition) is 3. The van der Waals surface area contributed by atoms with Crippen molar-refractivity contribution < 1.29 is 0 Å². The van der Waals surface area contributed by atoms with Crippen LogP contribution in [0.5, 0.6) is 0 Å². The third-order valence-electron chi connectivity index (χ3n) is 10.5. The van der Waals surface area contributed by atoms with Crippen LogP contribution in [-0.2, 0) is 5.41 Å². The number of benzene rings is 4. The van der Waals surface area contributed by atoms with Gasteiger partial charge in [-0.2, -0.15) is 0 Å². The molecule has 37 heavy (non-hydrogen) atoms. The van der Waals surface area contributed by atoms with Crippen LogP contribution < -0.4 is 26.2 Å². The fourth-order valence-electron chi connectivity index (χ4n) is 8.80. The van der Waals surface area contributed by atoms with Gasteiger partial charge in [0.05, 0.1) is 16.9 Å². The molecule has 0 aromatic heterocycles. The van der Waals surface area contributed by atoms with Crippen LogP contribution in [-0.4, -0.2) is 12.3 Å². The van der Waals surface area contributed by atoms with Crippen molar-refractivity contribution in [3.8, 4) is 0 Å². The standard InChI is InChI=1S/C33H29BN2S/c1-20-19-25-29-31-28(20)32(2)17-8-9-18-33(32,3)36(31)23-13-5-4-11-21(23)34(29)22-12-10-16-27-30(22)35(25)24-14-6-7-15-26(24)37-27/h4-7,10-16,19H,8-9,17-18H2,1-3H3. The van der Waals surface area contributed by atoms with E-state index in [1.807, 2.05) is 11.8 Å². The topological polar surface area (TPSA) is 6.48 Å². The highest BCUT2D eigenvalue weighted by atomic mass is 32.2. The van der Waals surface area contributed by atoms with E-state index in [9.17, 15) is 0 Å². The van der Waals surface area contributed by atoms with Gasteiger partial charge in [-0.3, -0.25) is 0 Å². The summed E-state index contributed by atoms with van der Waals surface area (Å²) < 4.78 is 0. The summed E-state index contributed by atoms with van der Waals surface area (Å²) in [5.74, 6) is 0. The first kappa shape index (κ1) is 20.9. The van der Waals surface area contributed by atoms with Crippen LogP contribution in [0.3, 0.4) is 0 Å². The van der Waals surface area contributed by atoms with Gasteiger partial charge in [0.1, 0.15) is 0 Å². The summed E-state index contributed by atoms with van der Waals surface area (Å²) in [6.45, 7) is 7.80. The average Bonchev–Trinajstić information content (AvgIpc) is 3.14. The minimum atomic E-state index is 0.0896. The molecule has 0 spiro atoms. The zero-order valence-corrected chi connectivity index (χ0v) is 22.5. The highest BCUT2D eigenvalue weighted by Gasteiger charge is 2.62. The summed E-state index contributed by atoms with van der Waals surface area (Å²) in [4.78, 5) is 8.14. The first-order valence-electron chi connectivity index (χ1n) is 13.8. The Morgan fingerprint density at radius 3 is 2.38 bits per heavy atom. The van der Waals surface area contributed by atoms with Crippen LogP contribution in [0.2, 0.25) is 0 Å². The van der Waals surface area contributed by atoms with Gasteiger partial charge in [-0.1, -0.05) is 74.0 Å². The van der Waals surface area contributed by atoms with Gasteiger partial charge in [-0.25, -0.2) is 0 Å². The van der Waals surface area contributed by atoms with E-state index < -0.39 is 0 Å². The summed E-state index contributed by atoms with van der Waals surface area (Å²) in [6.07, 6.45) is 5.15. The Balaban J connectivity index is 1.47. The highest BCUT2D eigenvalue weighted by molar-refractivity contribution is 7.99. The van der Waals surface area contributed by atoms with E-state index in [2.05, 4.69) is 103 Å². The Hall–Kier alpha value is -3.11. The van der Waals surface area contributed by atoms with Crippen LogP contribution in [0.25, 0.3) is 0 Å². The molecule has 4 aromatic rings. The third kappa shape index (κ3) is 2.22. The zero-order valence-electron chi connectivity index (χ0n) is 21.6. The maximum absolute atomic E-state index is 2.82. The maximum atomic E-state index is 2.82. The van der Waals surface area contributed by atoms with Crippen molar-refractivity contribution in [3.63, 3.8) is 0 Å². The molecule has 1 fully saturated rings. The monoisotopic (exact) mass is 496 g/mol. The Labute approximate surface area is 223 Å². The summed E-state index contributed by atoms with van der Waals surface area (Å²) in [7, 11) is 0. The molecule has 9 rings (SSSR count). The van der Waals surface area contributed by atoms with Gasteiger partial charge in [0, 0.05) is 32.3 Å². The minimum absolute atomic E-state index is 0.0896. The summed E-state index contributed by atoms with van der Waals surface area (Å²) in [5.41, 5.74) is 14.8. The molecule has 4 heteroatoms. The molecule has 0 bridgehead atoms. The number of aryl methyl sites for hydroxylation is 1. The second-order valence-corrected chi connectivity index (χ2v) is 13.2. The molecular weight excluding hydrogens is 467 g/mol. The van der Waals surface area contributed by atoms with Crippen molar-refractivity contribution in [3.05, 3.63) is 83.9 Å². The zero-order chi connectivity index (χ0) is 24.7. The Bertz CT molecular complexity index is 1690. The first-order valence-corrected chi connectivity index (χ1v) is 14.6. The van der Waals surface area contributed by atoms with Gasteiger partial charge >= 0.3 is 0 Å². The molecule has 1 saturated carbocycles. The van der Waals surface area contributed by atoms with Gasteiger partial charge in [0.25, 0.3) is 6.71 Å². The largest absolute Gasteiger partial charge is 0.335 e. The third-order valence-corrected chi connectivity index (χ3v) is 11.6. The van der Waals surface area contributed by atoms with Gasteiger partial charge < -0.3 is 9.80 Å². The molecule has 0 N–H and O–H groups in total. The van der Waals surface area contributed by atoms with Crippen LogP contribution in [0.15, 0.2) is 82.6 Å². The predicted octanol–water partition coefficient (Wildman–Crippen LogP) is 6.81. The smallest absolute Gasteiger partial charge is 0.252 e. The molecule has 0 saturated heterocycles. The number of hydrogen-bond donors (Lipinski definition) is 0. The van der Waals surface area contributed by atoms with E-state index in [1.165, 1.54) is 85.9 Å². The maximum Gasteiger partial charge on any atom is 0.252 e. The van der Waals surface area contributed by atoms with Crippen molar-refractivity contribution in [1.82, 2.24) is 0 Å². The van der Waals surface area contributed by atoms with E-state index in [1.54, 1.807) is 5.56 Å².